The summed E-state index contributed by atoms with van der Waals surface area (Å²) < 4.78 is 1.06. The molecule has 0 radical (unpaired) electrons. The summed E-state index contributed by atoms with van der Waals surface area (Å²) >= 11 is 9.57. The van der Waals surface area contributed by atoms with Gasteiger partial charge in [-0.3, -0.25) is 4.90 Å². The molecule has 0 amide bonds. The Balaban J connectivity index is 2.26. The highest BCUT2D eigenvalue weighted by Crippen LogP contribution is 2.36. The van der Waals surface area contributed by atoms with Crippen LogP contribution in [0.1, 0.15) is 31.4 Å². The zero-order valence-corrected chi connectivity index (χ0v) is 12.3. The normalized spacial score (nSPS) is 17.5. The molecule has 0 bridgehead atoms. The van der Waals surface area contributed by atoms with Gasteiger partial charge in [-0.2, -0.15) is 0 Å². The highest BCUT2D eigenvalue weighted by molar-refractivity contribution is 9.10. The summed E-state index contributed by atoms with van der Waals surface area (Å²) in [7, 11) is 0. The molecular formula is C13H18BrClN2. The summed E-state index contributed by atoms with van der Waals surface area (Å²) in [6.07, 6.45) is 2.60. The summed E-state index contributed by atoms with van der Waals surface area (Å²) in [6.45, 7) is 3.89. The van der Waals surface area contributed by atoms with Crippen LogP contribution in [-0.4, -0.2) is 24.0 Å². The second kappa shape index (κ2) is 5.70. The summed E-state index contributed by atoms with van der Waals surface area (Å²) in [6, 6.07) is 6.97. The van der Waals surface area contributed by atoms with Crippen molar-refractivity contribution < 1.29 is 0 Å². The topological polar surface area (TPSA) is 29.3 Å². The lowest BCUT2D eigenvalue weighted by Gasteiger charge is -2.31. The fourth-order valence-electron chi connectivity index (χ4n) is 2.35. The lowest BCUT2D eigenvalue weighted by Crippen LogP contribution is -2.35. The van der Waals surface area contributed by atoms with Crippen LogP contribution in [0.25, 0.3) is 0 Å². The fourth-order valence-corrected chi connectivity index (χ4v) is 3.30. The lowest BCUT2D eigenvalue weighted by molar-refractivity contribution is 0.201. The molecule has 94 valence electrons. The van der Waals surface area contributed by atoms with Gasteiger partial charge in [-0.25, -0.2) is 0 Å². The molecule has 2 rings (SSSR count). The fraction of sp³-hybridized carbons (Fsp3) is 0.538. The van der Waals surface area contributed by atoms with Crippen LogP contribution in [0.2, 0.25) is 5.02 Å². The number of halogens is 2. The van der Waals surface area contributed by atoms with Crippen LogP contribution >= 0.6 is 27.5 Å². The Morgan fingerprint density at radius 3 is 2.71 bits per heavy atom. The average molecular weight is 318 g/mol. The molecule has 1 aliphatic rings. The second-order valence-electron chi connectivity index (χ2n) is 4.48. The molecule has 1 atom stereocenters. The third-order valence-electron chi connectivity index (χ3n) is 3.33. The Bertz CT molecular complexity index is 393. The number of nitrogens with zero attached hydrogens (tertiary/aromatic N) is 1. The summed E-state index contributed by atoms with van der Waals surface area (Å²) in [5, 5.41) is 0.755. The molecule has 2 N–H and O–H groups in total. The number of nitrogens with two attached hydrogens (primary N) is 1. The van der Waals surface area contributed by atoms with Gasteiger partial charge in [0.15, 0.2) is 0 Å². The Morgan fingerprint density at radius 2 is 2.24 bits per heavy atom. The van der Waals surface area contributed by atoms with Gasteiger partial charge in [0.2, 0.25) is 0 Å². The van der Waals surface area contributed by atoms with Crippen molar-refractivity contribution in [3.8, 4) is 0 Å². The molecule has 4 heteroatoms. The first-order valence-corrected chi connectivity index (χ1v) is 7.25. The van der Waals surface area contributed by atoms with E-state index in [1.165, 1.54) is 18.4 Å². The molecule has 2 nitrogen and oxygen atoms in total. The first-order valence-electron chi connectivity index (χ1n) is 6.08. The Morgan fingerprint density at radius 1 is 1.53 bits per heavy atom. The van der Waals surface area contributed by atoms with Crippen LogP contribution in [0.15, 0.2) is 22.7 Å². The monoisotopic (exact) mass is 316 g/mol. The average Bonchev–Trinajstić information content (AvgIpc) is 3.11. The van der Waals surface area contributed by atoms with E-state index in [-0.39, 0.29) is 0 Å². The maximum atomic E-state index is 5.98. The van der Waals surface area contributed by atoms with Crippen molar-refractivity contribution in [2.45, 2.75) is 31.8 Å². The summed E-state index contributed by atoms with van der Waals surface area (Å²) in [5.74, 6) is 0. The van der Waals surface area contributed by atoms with E-state index in [0.29, 0.717) is 12.6 Å². The van der Waals surface area contributed by atoms with Crippen molar-refractivity contribution in [3.63, 3.8) is 0 Å². The minimum absolute atomic E-state index is 0.291. The standard InChI is InChI=1S/C13H18BrClN2/c1-2-17(10-4-5-10)13(8-16)11-6-3-9(15)7-12(11)14/h3,6-7,10,13H,2,4-5,8,16H2,1H3. The van der Waals surface area contributed by atoms with E-state index in [4.69, 9.17) is 17.3 Å². The van der Waals surface area contributed by atoms with Crippen LogP contribution in [0, 0.1) is 0 Å². The number of benzene rings is 1. The zero-order valence-electron chi connectivity index (χ0n) is 10.00. The molecule has 1 aromatic rings. The highest BCUT2D eigenvalue weighted by Gasteiger charge is 2.33. The van der Waals surface area contributed by atoms with Crippen molar-refractivity contribution in [2.75, 3.05) is 13.1 Å². The van der Waals surface area contributed by atoms with E-state index in [1.54, 1.807) is 0 Å². The van der Waals surface area contributed by atoms with Gasteiger partial charge in [0.1, 0.15) is 0 Å². The minimum atomic E-state index is 0.291. The largest absolute Gasteiger partial charge is 0.329 e. The highest BCUT2D eigenvalue weighted by atomic mass is 79.9. The molecule has 1 aromatic carbocycles. The molecule has 1 saturated carbocycles. The van der Waals surface area contributed by atoms with Gasteiger partial charge < -0.3 is 5.73 Å². The van der Waals surface area contributed by atoms with Crippen molar-refractivity contribution in [1.82, 2.24) is 4.90 Å². The molecule has 0 spiro atoms. The molecule has 0 heterocycles. The van der Waals surface area contributed by atoms with Crippen LogP contribution < -0.4 is 5.73 Å². The van der Waals surface area contributed by atoms with Crippen molar-refractivity contribution in [2.24, 2.45) is 5.73 Å². The van der Waals surface area contributed by atoms with Gasteiger partial charge in [0.05, 0.1) is 0 Å². The maximum Gasteiger partial charge on any atom is 0.0484 e. The van der Waals surface area contributed by atoms with Crippen LogP contribution in [0.3, 0.4) is 0 Å². The predicted octanol–water partition coefficient (Wildman–Crippen LogP) is 3.59. The lowest BCUT2D eigenvalue weighted by atomic mass is 10.1. The van der Waals surface area contributed by atoms with Gasteiger partial charge >= 0.3 is 0 Å². The van der Waals surface area contributed by atoms with Crippen LogP contribution in [-0.2, 0) is 0 Å². The number of rotatable bonds is 5. The van der Waals surface area contributed by atoms with Gasteiger partial charge in [-0.1, -0.05) is 40.5 Å². The SMILES string of the molecule is CCN(C1CC1)C(CN)c1ccc(Cl)cc1Br. The molecule has 17 heavy (non-hydrogen) atoms. The van der Waals surface area contributed by atoms with Crippen LogP contribution in [0.5, 0.6) is 0 Å². The van der Waals surface area contributed by atoms with Crippen molar-refractivity contribution in [3.05, 3.63) is 33.3 Å². The summed E-state index contributed by atoms with van der Waals surface area (Å²) in [5.41, 5.74) is 7.20. The molecule has 1 aliphatic carbocycles. The van der Waals surface area contributed by atoms with Gasteiger partial charge in [0.25, 0.3) is 0 Å². The minimum Gasteiger partial charge on any atom is -0.329 e. The first-order chi connectivity index (χ1) is 8.17. The second-order valence-corrected chi connectivity index (χ2v) is 5.77. The van der Waals surface area contributed by atoms with Gasteiger partial charge in [-0.15, -0.1) is 0 Å². The Labute approximate surface area is 116 Å². The Hall–Kier alpha value is -0.0900. The van der Waals surface area contributed by atoms with E-state index in [2.05, 4.69) is 33.8 Å². The summed E-state index contributed by atoms with van der Waals surface area (Å²) in [4.78, 5) is 2.49. The van der Waals surface area contributed by atoms with Gasteiger partial charge in [0, 0.05) is 28.1 Å². The molecule has 0 aliphatic heterocycles. The zero-order chi connectivity index (χ0) is 12.4. The number of hydrogen-bond acceptors (Lipinski definition) is 2. The van der Waals surface area contributed by atoms with E-state index >= 15 is 0 Å². The number of hydrogen-bond donors (Lipinski definition) is 1. The first kappa shape index (κ1) is 13.3. The van der Waals surface area contributed by atoms with E-state index < -0.39 is 0 Å². The van der Waals surface area contributed by atoms with Gasteiger partial charge in [-0.05, 0) is 37.1 Å². The molecular weight excluding hydrogens is 300 g/mol. The van der Waals surface area contributed by atoms with E-state index in [0.717, 1.165) is 22.1 Å². The predicted molar refractivity (Wildman–Crippen MR) is 76.3 cm³/mol. The third kappa shape index (κ3) is 3.02. The Kier molecular flexibility index (Phi) is 4.47. The molecule has 0 saturated heterocycles. The van der Waals surface area contributed by atoms with E-state index in [1.807, 2.05) is 12.1 Å². The van der Waals surface area contributed by atoms with Crippen molar-refractivity contribution >= 4 is 27.5 Å². The smallest absolute Gasteiger partial charge is 0.0484 e. The quantitative estimate of drug-likeness (QED) is 0.899. The van der Waals surface area contributed by atoms with Crippen LogP contribution in [0.4, 0.5) is 0 Å². The van der Waals surface area contributed by atoms with Crippen molar-refractivity contribution in [1.29, 1.82) is 0 Å². The molecule has 1 fully saturated rings. The molecule has 1 unspecified atom stereocenters. The van der Waals surface area contributed by atoms with E-state index in [9.17, 15) is 0 Å². The molecule has 0 aromatic heterocycles. The number of likely N-dealkylation sites (N-methyl/N-ethyl adjacent to an activating group) is 1. The third-order valence-corrected chi connectivity index (χ3v) is 4.25. The maximum absolute atomic E-state index is 5.98.